The molecule has 0 aliphatic carbocycles. The third-order valence-corrected chi connectivity index (χ3v) is 2.42. The maximum absolute atomic E-state index is 10.9. The molecular formula is C11H17NO4S. The van der Waals surface area contributed by atoms with Gasteiger partial charge in [0.2, 0.25) is 0 Å². The lowest BCUT2D eigenvalue weighted by molar-refractivity contribution is 0.231. The monoisotopic (exact) mass is 259 g/mol. The number of aromatic nitrogens is 1. The number of aryl methyl sites for hydroxylation is 1. The molecule has 0 atom stereocenters. The summed E-state index contributed by atoms with van der Waals surface area (Å²) in [4.78, 5) is 4.09. The Labute approximate surface area is 102 Å². The largest absolute Gasteiger partial charge is 0.491 e. The van der Waals surface area contributed by atoms with Crippen LogP contribution in [0.3, 0.4) is 0 Å². The van der Waals surface area contributed by atoms with E-state index in [1.165, 1.54) is 0 Å². The van der Waals surface area contributed by atoms with Crippen molar-refractivity contribution in [1.82, 2.24) is 4.98 Å². The topological polar surface area (TPSA) is 65.5 Å². The van der Waals surface area contributed by atoms with E-state index in [0.29, 0.717) is 11.3 Å². The molecule has 0 radical (unpaired) electrons. The first-order valence-corrected chi connectivity index (χ1v) is 7.06. The van der Waals surface area contributed by atoms with Gasteiger partial charge in [-0.25, -0.2) is 0 Å². The van der Waals surface area contributed by atoms with Gasteiger partial charge in [0.25, 0.3) is 10.1 Å². The average Bonchev–Trinajstić information content (AvgIpc) is 2.14. The first-order chi connectivity index (χ1) is 7.78. The van der Waals surface area contributed by atoms with Crippen LogP contribution in [0.2, 0.25) is 0 Å². The minimum absolute atomic E-state index is 0.00813. The summed E-state index contributed by atoms with van der Waals surface area (Å²) in [5.41, 5.74) is 1.43. The van der Waals surface area contributed by atoms with E-state index in [1.54, 1.807) is 12.3 Å². The van der Waals surface area contributed by atoms with E-state index in [2.05, 4.69) is 4.98 Å². The summed E-state index contributed by atoms with van der Waals surface area (Å²) in [5, 5.41) is 0. The third-order valence-electron chi connectivity index (χ3n) is 1.87. The van der Waals surface area contributed by atoms with Gasteiger partial charge in [0, 0.05) is 23.5 Å². The molecule has 6 heteroatoms. The van der Waals surface area contributed by atoms with Gasteiger partial charge in [-0.1, -0.05) is 0 Å². The lowest BCUT2D eigenvalue weighted by atomic mass is 10.2. The Morgan fingerprint density at radius 3 is 2.59 bits per heavy atom. The summed E-state index contributed by atoms with van der Waals surface area (Å²) < 4.78 is 32.1. The molecule has 0 bridgehead atoms. The molecule has 5 nitrogen and oxygen atoms in total. The summed E-state index contributed by atoms with van der Waals surface area (Å²) in [7, 11) is -3.46. The van der Waals surface area contributed by atoms with Crippen molar-refractivity contribution in [1.29, 1.82) is 0 Å². The molecule has 0 unspecified atom stereocenters. The van der Waals surface area contributed by atoms with E-state index in [0.717, 1.165) is 11.9 Å². The predicted octanol–water partition coefficient (Wildman–Crippen LogP) is 1.65. The lowest BCUT2D eigenvalue weighted by Crippen LogP contribution is -2.10. The second-order valence-corrected chi connectivity index (χ2v) is 5.71. The number of hydrogen-bond acceptors (Lipinski definition) is 5. The number of nitrogens with zero attached hydrogens (tertiary/aromatic N) is 1. The summed E-state index contributed by atoms with van der Waals surface area (Å²) in [6.45, 7) is 5.58. The van der Waals surface area contributed by atoms with Gasteiger partial charge in [0.15, 0.2) is 0 Å². The van der Waals surface area contributed by atoms with Crippen LogP contribution in [0.1, 0.15) is 25.1 Å². The van der Waals surface area contributed by atoms with Gasteiger partial charge in [-0.05, 0) is 20.8 Å². The van der Waals surface area contributed by atoms with Crippen LogP contribution in [-0.2, 0) is 20.9 Å². The van der Waals surface area contributed by atoms with Crippen molar-refractivity contribution in [2.75, 3.05) is 6.26 Å². The van der Waals surface area contributed by atoms with Gasteiger partial charge in [0.05, 0.1) is 19.0 Å². The average molecular weight is 259 g/mol. The zero-order chi connectivity index (χ0) is 13.1. The molecule has 0 aromatic carbocycles. The van der Waals surface area contributed by atoms with Crippen molar-refractivity contribution in [2.24, 2.45) is 0 Å². The second-order valence-electron chi connectivity index (χ2n) is 4.07. The van der Waals surface area contributed by atoms with Crippen LogP contribution in [0.25, 0.3) is 0 Å². The summed E-state index contributed by atoms with van der Waals surface area (Å²) in [6.07, 6.45) is 2.59. The van der Waals surface area contributed by atoms with Crippen molar-refractivity contribution in [3.8, 4) is 5.75 Å². The zero-order valence-electron chi connectivity index (χ0n) is 10.4. The van der Waals surface area contributed by atoms with E-state index in [1.807, 2.05) is 20.8 Å². The van der Waals surface area contributed by atoms with Crippen LogP contribution in [0.15, 0.2) is 12.3 Å². The molecule has 0 fully saturated rings. The SMILES string of the molecule is Cc1cc(OC(C)C)c(COS(C)(=O)=O)cn1. The van der Waals surface area contributed by atoms with Crippen molar-refractivity contribution >= 4 is 10.1 Å². The van der Waals surface area contributed by atoms with Crippen LogP contribution < -0.4 is 4.74 Å². The molecule has 1 rings (SSSR count). The van der Waals surface area contributed by atoms with Crippen molar-refractivity contribution in [2.45, 2.75) is 33.5 Å². The van der Waals surface area contributed by atoms with Crippen LogP contribution in [-0.4, -0.2) is 25.8 Å². The van der Waals surface area contributed by atoms with Crippen molar-refractivity contribution < 1.29 is 17.3 Å². The lowest BCUT2D eigenvalue weighted by Gasteiger charge is -2.14. The van der Waals surface area contributed by atoms with Gasteiger partial charge in [-0.15, -0.1) is 0 Å². The van der Waals surface area contributed by atoms with E-state index in [-0.39, 0.29) is 12.7 Å². The molecule has 1 heterocycles. The Hall–Kier alpha value is -1.14. The minimum atomic E-state index is -3.46. The van der Waals surface area contributed by atoms with E-state index >= 15 is 0 Å². The first kappa shape index (κ1) is 13.9. The van der Waals surface area contributed by atoms with E-state index in [4.69, 9.17) is 8.92 Å². The highest BCUT2D eigenvalue weighted by atomic mass is 32.2. The molecule has 0 N–H and O–H groups in total. The van der Waals surface area contributed by atoms with Gasteiger partial charge in [-0.2, -0.15) is 8.42 Å². The normalized spacial score (nSPS) is 11.8. The summed E-state index contributed by atoms with van der Waals surface area (Å²) in [5.74, 6) is 0.608. The second kappa shape index (κ2) is 5.46. The smallest absolute Gasteiger partial charge is 0.264 e. The van der Waals surface area contributed by atoms with Crippen molar-refractivity contribution in [3.63, 3.8) is 0 Å². The molecular weight excluding hydrogens is 242 g/mol. The fourth-order valence-corrected chi connectivity index (χ4v) is 1.55. The van der Waals surface area contributed by atoms with Crippen LogP contribution in [0.4, 0.5) is 0 Å². The molecule has 0 amide bonds. The van der Waals surface area contributed by atoms with Gasteiger partial charge < -0.3 is 4.74 Å². The first-order valence-electron chi connectivity index (χ1n) is 5.24. The Kier molecular flexibility index (Phi) is 4.47. The predicted molar refractivity (Wildman–Crippen MR) is 64.4 cm³/mol. The van der Waals surface area contributed by atoms with E-state index in [9.17, 15) is 8.42 Å². The van der Waals surface area contributed by atoms with E-state index < -0.39 is 10.1 Å². The Bertz CT molecular complexity index is 482. The Morgan fingerprint density at radius 1 is 1.41 bits per heavy atom. The minimum Gasteiger partial charge on any atom is -0.491 e. The van der Waals surface area contributed by atoms with Crippen molar-refractivity contribution in [3.05, 3.63) is 23.5 Å². The zero-order valence-corrected chi connectivity index (χ0v) is 11.2. The molecule has 17 heavy (non-hydrogen) atoms. The highest BCUT2D eigenvalue weighted by Gasteiger charge is 2.10. The van der Waals surface area contributed by atoms with Gasteiger partial charge >= 0.3 is 0 Å². The molecule has 0 aliphatic heterocycles. The molecule has 0 saturated carbocycles. The fraction of sp³-hybridized carbons (Fsp3) is 0.545. The molecule has 1 aromatic heterocycles. The molecule has 0 aliphatic rings. The standard InChI is InChI=1S/C11H17NO4S/c1-8(2)16-11-5-9(3)12-6-10(11)7-15-17(4,13)14/h5-6,8H,7H2,1-4H3. The number of pyridine rings is 1. The molecule has 96 valence electrons. The summed E-state index contributed by atoms with van der Waals surface area (Å²) in [6, 6.07) is 1.76. The number of rotatable bonds is 5. The molecule has 0 saturated heterocycles. The molecule has 1 aromatic rings. The Morgan fingerprint density at radius 2 is 2.06 bits per heavy atom. The number of ether oxygens (including phenoxy) is 1. The van der Waals surface area contributed by atoms with Gasteiger partial charge in [0.1, 0.15) is 5.75 Å². The number of hydrogen-bond donors (Lipinski definition) is 0. The van der Waals surface area contributed by atoms with Crippen LogP contribution in [0.5, 0.6) is 5.75 Å². The van der Waals surface area contributed by atoms with Gasteiger partial charge in [-0.3, -0.25) is 9.17 Å². The summed E-state index contributed by atoms with van der Waals surface area (Å²) >= 11 is 0. The third kappa shape index (κ3) is 5.14. The van der Waals surface area contributed by atoms with Crippen LogP contribution >= 0.6 is 0 Å². The highest BCUT2D eigenvalue weighted by Crippen LogP contribution is 2.21. The van der Waals surface area contributed by atoms with Crippen LogP contribution in [0, 0.1) is 6.92 Å². The maximum Gasteiger partial charge on any atom is 0.264 e. The molecule has 0 spiro atoms. The fourth-order valence-electron chi connectivity index (χ4n) is 1.21. The Balaban J connectivity index is 2.90. The highest BCUT2D eigenvalue weighted by molar-refractivity contribution is 7.85. The maximum atomic E-state index is 10.9. The quantitative estimate of drug-likeness (QED) is 0.752.